The Morgan fingerprint density at radius 3 is 1.28 bits per heavy atom. The van der Waals surface area contributed by atoms with Crippen LogP contribution in [0.25, 0.3) is 0 Å². The second kappa shape index (κ2) is 25.9. The van der Waals surface area contributed by atoms with E-state index in [9.17, 15) is 0 Å². The molecule has 9 heteroatoms. The van der Waals surface area contributed by atoms with Gasteiger partial charge in [-0.05, 0) is 13.3 Å². The molecule has 0 fully saturated rings. The molecule has 0 rings (SSSR count). The van der Waals surface area contributed by atoms with Gasteiger partial charge in [0.2, 0.25) is 0 Å². The first-order chi connectivity index (χ1) is 11.6. The molecule has 8 N–H and O–H groups in total. The van der Waals surface area contributed by atoms with Crippen molar-refractivity contribution in [3.8, 4) is 0 Å². The molecule has 0 aromatic heterocycles. The smallest absolute Gasteiger partial charge is 0.151 e. The molecular weight excluding hydrogens is 336 g/mol. The van der Waals surface area contributed by atoms with Crippen molar-refractivity contribution in [1.29, 1.82) is 0 Å². The molecule has 1 atom stereocenters. The summed E-state index contributed by atoms with van der Waals surface area (Å²) in [6.45, 7) is 7.67. The van der Waals surface area contributed by atoms with Gasteiger partial charge in [0.1, 0.15) is 0 Å². The third kappa shape index (κ3) is 51.7. The van der Waals surface area contributed by atoms with E-state index >= 15 is 0 Å². The molecule has 1 unspecified atom stereocenters. The van der Waals surface area contributed by atoms with E-state index in [0.29, 0.717) is 19.6 Å². The molecule has 9 nitrogen and oxygen atoms in total. The van der Waals surface area contributed by atoms with Gasteiger partial charge in [0.25, 0.3) is 0 Å². The Labute approximate surface area is 151 Å². The minimum absolute atomic E-state index is 0.0278. The van der Waals surface area contributed by atoms with Crippen molar-refractivity contribution in [1.82, 2.24) is 0 Å². The summed E-state index contributed by atoms with van der Waals surface area (Å²) in [4.78, 5) is 0. The molecule has 25 heavy (non-hydrogen) atoms. The van der Waals surface area contributed by atoms with Gasteiger partial charge in [0.15, 0.2) is 6.29 Å². The van der Waals surface area contributed by atoms with Crippen LogP contribution in [0.3, 0.4) is 0 Å². The van der Waals surface area contributed by atoms with E-state index in [1.54, 1.807) is 13.8 Å². The lowest BCUT2D eigenvalue weighted by atomic mass is 9.97. The fourth-order valence-electron chi connectivity index (χ4n) is 0.539. The first-order valence-corrected chi connectivity index (χ1v) is 8.24. The van der Waals surface area contributed by atoms with Gasteiger partial charge in [-0.2, -0.15) is 0 Å². The Morgan fingerprint density at radius 2 is 1.20 bits per heavy atom. The lowest BCUT2D eigenvalue weighted by Crippen LogP contribution is -2.20. The van der Waals surface area contributed by atoms with Crippen molar-refractivity contribution in [2.75, 3.05) is 46.2 Å². The van der Waals surface area contributed by atoms with Crippen LogP contribution in [0.2, 0.25) is 0 Å². The molecule has 0 aromatic carbocycles. The summed E-state index contributed by atoms with van der Waals surface area (Å²) < 4.78 is 4.63. The van der Waals surface area contributed by atoms with Crippen LogP contribution in [0.15, 0.2) is 0 Å². The summed E-state index contributed by atoms with van der Waals surface area (Å²) >= 11 is 0. The quantitative estimate of drug-likeness (QED) is 0.175. The lowest BCUT2D eigenvalue weighted by molar-refractivity contribution is -0.0453. The fraction of sp³-hybridized carbons (Fsp3) is 1.00. The fourth-order valence-corrected chi connectivity index (χ4v) is 0.539. The zero-order chi connectivity index (χ0) is 20.7. The SMILES string of the molecule is CC(C)(CO)CO.CC(O)CO.CCCC(O)O.OCCOCCO. The molecule has 0 saturated heterocycles. The molecule has 0 bridgehead atoms. The van der Waals surface area contributed by atoms with Gasteiger partial charge >= 0.3 is 0 Å². The number of hydrogen-bond donors (Lipinski definition) is 8. The first kappa shape index (κ1) is 32.3. The Balaban J connectivity index is -0.000000119. The maximum Gasteiger partial charge on any atom is 0.151 e. The summed E-state index contributed by atoms with van der Waals surface area (Å²) in [5.74, 6) is 0. The molecule has 0 aliphatic carbocycles. The third-order valence-corrected chi connectivity index (χ3v) is 2.14. The van der Waals surface area contributed by atoms with Crippen LogP contribution in [-0.2, 0) is 4.74 Å². The number of ether oxygens (including phenoxy) is 1. The lowest BCUT2D eigenvalue weighted by Gasteiger charge is -2.16. The average Bonchev–Trinajstić information content (AvgIpc) is 2.57. The van der Waals surface area contributed by atoms with E-state index in [1.165, 1.54) is 6.92 Å². The maximum atomic E-state index is 8.43. The molecular formula is C16H40O9. The van der Waals surface area contributed by atoms with E-state index in [-0.39, 0.29) is 38.4 Å². The molecule has 0 amide bonds. The van der Waals surface area contributed by atoms with Crippen LogP contribution in [0, 0.1) is 5.41 Å². The topological polar surface area (TPSA) is 171 Å². The standard InChI is InChI=1S/C5H12O2.C4H10O3.C4H10O2.C3H8O2/c1-5(2,3-6)4-7;5-1-3-7-4-2-6;1-2-3-4(5)6;1-3(5)2-4/h6-7H,3-4H2,1-2H3;5-6H,1-4H2;4-6H,2-3H2,1H3;3-5H,2H2,1H3. The van der Waals surface area contributed by atoms with E-state index in [0.717, 1.165) is 6.42 Å². The van der Waals surface area contributed by atoms with E-state index < -0.39 is 12.4 Å². The second-order valence-corrected chi connectivity index (χ2v) is 5.84. The van der Waals surface area contributed by atoms with Gasteiger partial charge in [0, 0.05) is 5.41 Å². The van der Waals surface area contributed by atoms with Crippen molar-refractivity contribution < 1.29 is 45.6 Å². The zero-order valence-electron chi connectivity index (χ0n) is 16.0. The van der Waals surface area contributed by atoms with Gasteiger partial charge in [-0.3, -0.25) is 0 Å². The van der Waals surface area contributed by atoms with E-state index in [4.69, 9.17) is 40.9 Å². The number of aliphatic hydroxyl groups is 8. The third-order valence-electron chi connectivity index (χ3n) is 2.14. The summed E-state index contributed by atoms with van der Waals surface area (Å²) in [6.07, 6.45) is -0.345. The van der Waals surface area contributed by atoms with Crippen LogP contribution < -0.4 is 0 Å². The van der Waals surface area contributed by atoms with Crippen molar-refractivity contribution >= 4 is 0 Å². The largest absolute Gasteiger partial charge is 0.396 e. The van der Waals surface area contributed by atoms with Gasteiger partial charge < -0.3 is 45.6 Å². The normalized spacial score (nSPS) is 11.4. The predicted octanol–water partition coefficient (Wildman–Crippen LogP) is -1.56. The Hall–Kier alpha value is -0.360. The summed E-state index contributed by atoms with van der Waals surface area (Å²) in [7, 11) is 0. The Kier molecular flexibility index (Phi) is 33.5. The highest BCUT2D eigenvalue weighted by atomic mass is 16.5. The van der Waals surface area contributed by atoms with Gasteiger partial charge in [0.05, 0.1) is 52.4 Å². The molecule has 158 valence electrons. The van der Waals surface area contributed by atoms with Crippen molar-refractivity contribution in [2.45, 2.75) is 52.9 Å². The van der Waals surface area contributed by atoms with Gasteiger partial charge in [-0.15, -0.1) is 0 Å². The van der Waals surface area contributed by atoms with E-state index in [2.05, 4.69) is 4.74 Å². The minimum Gasteiger partial charge on any atom is -0.396 e. The predicted molar refractivity (Wildman–Crippen MR) is 94.8 cm³/mol. The first-order valence-electron chi connectivity index (χ1n) is 8.24. The molecule has 0 aliphatic heterocycles. The summed E-state index contributed by atoms with van der Waals surface area (Å²) in [6, 6.07) is 0. The molecule has 0 aromatic rings. The Bertz CT molecular complexity index is 202. The molecule has 0 aliphatic rings. The van der Waals surface area contributed by atoms with Gasteiger partial charge in [-0.25, -0.2) is 0 Å². The van der Waals surface area contributed by atoms with Crippen molar-refractivity contribution in [3.05, 3.63) is 0 Å². The van der Waals surface area contributed by atoms with Crippen molar-refractivity contribution in [3.63, 3.8) is 0 Å². The zero-order valence-corrected chi connectivity index (χ0v) is 16.0. The molecule has 0 saturated carbocycles. The van der Waals surface area contributed by atoms with Crippen LogP contribution in [0.4, 0.5) is 0 Å². The van der Waals surface area contributed by atoms with Crippen LogP contribution in [-0.4, -0.2) is 99.5 Å². The number of rotatable bonds is 9. The van der Waals surface area contributed by atoms with Crippen LogP contribution >= 0.6 is 0 Å². The Morgan fingerprint density at radius 1 is 0.840 bits per heavy atom. The summed E-state index contributed by atoms with van der Waals surface area (Å²) in [5, 5.41) is 65.3. The highest BCUT2D eigenvalue weighted by molar-refractivity contribution is 4.62. The highest BCUT2D eigenvalue weighted by Gasteiger charge is 2.13. The molecule has 0 heterocycles. The summed E-state index contributed by atoms with van der Waals surface area (Å²) in [5.41, 5.74) is -0.306. The average molecular weight is 376 g/mol. The minimum atomic E-state index is -1.10. The van der Waals surface area contributed by atoms with Crippen LogP contribution in [0.5, 0.6) is 0 Å². The molecule has 0 spiro atoms. The second-order valence-electron chi connectivity index (χ2n) is 5.84. The number of aliphatic hydroxyl groups excluding tert-OH is 7. The maximum absolute atomic E-state index is 8.43. The highest BCUT2D eigenvalue weighted by Crippen LogP contribution is 2.10. The molecule has 0 radical (unpaired) electrons. The van der Waals surface area contributed by atoms with Crippen LogP contribution in [0.1, 0.15) is 40.5 Å². The van der Waals surface area contributed by atoms with Crippen molar-refractivity contribution in [2.24, 2.45) is 5.41 Å². The number of hydrogen-bond acceptors (Lipinski definition) is 9. The van der Waals surface area contributed by atoms with E-state index in [1.807, 2.05) is 6.92 Å². The van der Waals surface area contributed by atoms with Gasteiger partial charge in [-0.1, -0.05) is 27.2 Å². The monoisotopic (exact) mass is 376 g/mol.